The number of rotatable bonds is 4. The van der Waals surface area contributed by atoms with Crippen molar-refractivity contribution in [3.8, 4) is 0 Å². The number of amides is 1. The molecule has 108 valence electrons. The summed E-state index contributed by atoms with van der Waals surface area (Å²) < 4.78 is 0. The molecule has 2 aromatic rings. The molecule has 0 spiro atoms. The fraction of sp³-hybridized carbons (Fsp3) is 0.0714. The molecule has 5 nitrogen and oxygen atoms in total. The maximum atomic E-state index is 12.1. The number of hydrogen-bond acceptors (Lipinski definition) is 3. The number of halogens is 2. The van der Waals surface area contributed by atoms with Crippen molar-refractivity contribution in [2.45, 2.75) is 5.88 Å². The first-order valence-corrected chi connectivity index (χ1v) is 6.82. The van der Waals surface area contributed by atoms with E-state index in [0.717, 1.165) is 5.56 Å². The summed E-state index contributed by atoms with van der Waals surface area (Å²) in [7, 11) is 0. The van der Waals surface area contributed by atoms with Crippen LogP contribution in [0.3, 0.4) is 0 Å². The number of nitro groups is 1. The Morgan fingerprint density at radius 3 is 2.62 bits per heavy atom. The Kier molecular flexibility index (Phi) is 4.77. The highest BCUT2D eigenvalue weighted by Gasteiger charge is 2.13. The zero-order chi connectivity index (χ0) is 15.4. The van der Waals surface area contributed by atoms with Crippen LogP contribution in [-0.4, -0.2) is 10.8 Å². The van der Waals surface area contributed by atoms with Crippen LogP contribution in [0.1, 0.15) is 15.9 Å². The van der Waals surface area contributed by atoms with Gasteiger partial charge in [-0.2, -0.15) is 0 Å². The fourth-order valence-corrected chi connectivity index (χ4v) is 2.15. The molecule has 0 radical (unpaired) electrons. The van der Waals surface area contributed by atoms with Crippen molar-refractivity contribution >= 4 is 40.5 Å². The molecule has 1 N–H and O–H groups in total. The summed E-state index contributed by atoms with van der Waals surface area (Å²) in [6, 6.07) is 10.9. The fourth-order valence-electron chi connectivity index (χ4n) is 1.73. The Hall–Kier alpha value is -2.11. The quantitative estimate of drug-likeness (QED) is 0.519. The predicted molar refractivity (Wildman–Crippen MR) is 82.1 cm³/mol. The van der Waals surface area contributed by atoms with Crippen LogP contribution in [-0.2, 0) is 5.88 Å². The molecule has 0 saturated carbocycles. The van der Waals surface area contributed by atoms with Crippen LogP contribution in [0.2, 0.25) is 5.02 Å². The molecule has 0 fully saturated rings. The van der Waals surface area contributed by atoms with Crippen molar-refractivity contribution < 1.29 is 9.72 Å². The van der Waals surface area contributed by atoms with Crippen LogP contribution in [0.4, 0.5) is 11.4 Å². The summed E-state index contributed by atoms with van der Waals surface area (Å²) >= 11 is 11.5. The van der Waals surface area contributed by atoms with E-state index in [-0.39, 0.29) is 16.6 Å². The third-order valence-electron chi connectivity index (χ3n) is 2.75. The van der Waals surface area contributed by atoms with E-state index in [9.17, 15) is 14.9 Å². The summed E-state index contributed by atoms with van der Waals surface area (Å²) in [6.45, 7) is 0. The molecule has 0 atom stereocenters. The molecule has 0 bridgehead atoms. The topological polar surface area (TPSA) is 72.2 Å². The Morgan fingerprint density at radius 2 is 2.00 bits per heavy atom. The van der Waals surface area contributed by atoms with E-state index in [4.69, 9.17) is 23.2 Å². The van der Waals surface area contributed by atoms with Gasteiger partial charge in [0.1, 0.15) is 5.02 Å². The van der Waals surface area contributed by atoms with Gasteiger partial charge in [0.15, 0.2) is 0 Å². The monoisotopic (exact) mass is 324 g/mol. The number of alkyl halides is 1. The molecule has 0 aliphatic heterocycles. The van der Waals surface area contributed by atoms with Crippen molar-refractivity contribution in [1.82, 2.24) is 0 Å². The third kappa shape index (κ3) is 3.71. The smallest absolute Gasteiger partial charge is 0.288 e. The number of nitrogens with zero attached hydrogens (tertiary/aromatic N) is 1. The van der Waals surface area contributed by atoms with E-state index in [1.54, 1.807) is 18.2 Å². The minimum atomic E-state index is -0.585. The number of nitrogens with one attached hydrogen (secondary N) is 1. The summed E-state index contributed by atoms with van der Waals surface area (Å²) in [4.78, 5) is 22.2. The van der Waals surface area contributed by atoms with Gasteiger partial charge in [0.25, 0.3) is 11.6 Å². The van der Waals surface area contributed by atoms with E-state index in [2.05, 4.69) is 5.32 Å². The standard InChI is InChI=1S/C14H10Cl2N2O3/c15-8-9-2-1-3-10(6-9)14(19)17-11-4-5-13(18(20)21)12(16)7-11/h1-7H,8H2,(H,17,19). The summed E-state index contributed by atoms with van der Waals surface area (Å²) in [5.41, 5.74) is 1.44. The van der Waals surface area contributed by atoms with Crippen LogP contribution < -0.4 is 5.32 Å². The number of carbonyl (C=O) groups excluding carboxylic acids is 1. The summed E-state index contributed by atoms with van der Waals surface area (Å²) in [5.74, 6) is -0.0308. The minimum absolute atomic E-state index is 0.0349. The number of hydrogen-bond donors (Lipinski definition) is 1. The lowest BCUT2D eigenvalue weighted by atomic mass is 10.1. The van der Waals surface area contributed by atoms with Gasteiger partial charge in [0, 0.05) is 23.2 Å². The highest BCUT2D eigenvalue weighted by molar-refractivity contribution is 6.33. The van der Waals surface area contributed by atoms with Crippen molar-refractivity contribution in [2.24, 2.45) is 0 Å². The number of benzene rings is 2. The SMILES string of the molecule is O=C(Nc1ccc([N+](=O)[O-])c(Cl)c1)c1cccc(CCl)c1. The largest absolute Gasteiger partial charge is 0.322 e. The van der Waals surface area contributed by atoms with Gasteiger partial charge in [-0.15, -0.1) is 11.6 Å². The van der Waals surface area contributed by atoms with Crippen molar-refractivity contribution in [1.29, 1.82) is 0 Å². The van der Waals surface area contributed by atoms with Crippen LogP contribution in [0, 0.1) is 10.1 Å². The molecular weight excluding hydrogens is 315 g/mol. The second-order valence-corrected chi connectivity index (χ2v) is 4.89. The van der Waals surface area contributed by atoms with Gasteiger partial charge < -0.3 is 5.32 Å². The van der Waals surface area contributed by atoms with Gasteiger partial charge >= 0.3 is 0 Å². The Balaban J connectivity index is 2.19. The lowest BCUT2D eigenvalue weighted by Crippen LogP contribution is -2.12. The molecule has 0 unspecified atom stereocenters. The maximum absolute atomic E-state index is 12.1. The Bertz CT molecular complexity index is 704. The van der Waals surface area contributed by atoms with E-state index < -0.39 is 4.92 Å². The maximum Gasteiger partial charge on any atom is 0.288 e. The molecule has 2 aromatic carbocycles. The average Bonchev–Trinajstić information content (AvgIpc) is 2.47. The highest BCUT2D eigenvalue weighted by atomic mass is 35.5. The second-order valence-electron chi connectivity index (χ2n) is 4.21. The van der Waals surface area contributed by atoms with Crippen molar-refractivity contribution in [2.75, 3.05) is 5.32 Å². The van der Waals surface area contributed by atoms with Gasteiger partial charge in [0.2, 0.25) is 0 Å². The molecule has 0 heterocycles. The van der Waals surface area contributed by atoms with Crippen LogP contribution in [0.25, 0.3) is 0 Å². The minimum Gasteiger partial charge on any atom is -0.322 e. The normalized spacial score (nSPS) is 10.2. The Morgan fingerprint density at radius 1 is 1.24 bits per heavy atom. The summed E-state index contributed by atoms with van der Waals surface area (Å²) in [5, 5.41) is 13.3. The zero-order valence-electron chi connectivity index (χ0n) is 10.7. The van der Waals surface area contributed by atoms with Crippen LogP contribution in [0.15, 0.2) is 42.5 Å². The molecule has 0 aromatic heterocycles. The van der Waals surface area contributed by atoms with E-state index in [1.165, 1.54) is 18.2 Å². The predicted octanol–water partition coefficient (Wildman–Crippen LogP) is 4.24. The number of carbonyl (C=O) groups is 1. The molecule has 0 saturated heterocycles. The molecule has 7 heteroatoms. The molecule has 0 aliphatic carbocycles. The lowest BCUT2D eigenvalue weighted by molar-refractivity contribution is -0.384. The Labute approximate surface area is 130 Å². The van der Waals surface area contributed by atoms with Crippen LogP contribution in [0.5, 0.6) is 0 Å². The van der Waals surface area contributed by atoms with Gasteiger partial charge in [-0.1, -0.05) is 23.7 Å². The first-order chi connectivity index (χ1) is 10.0. The highest BCUT2D eigenvalue weighted by Crippen LogP contribution is 2.27. The van der Waals surface area contributed by atoms with Crippen LogP contribution >= 0.6 is 23.2 Å². The van der Waals surface area contributed by atoms with Crippen molar-refractivity contribution in [3.05, 3.63) is 68.7 Å². The molecule has 2 rings (SSSR count). The summed E-state index contributed by atoms with van der Waals surface area (Å²) in [6.07, 6.45) is 0. The average molecular weight is 325 g/mol. The number of nitro benzene ring substituents is 1. The second kappa shape index (κ2) is 6.56. The number of anilines is 1. The van der Waals surface area contributed by atoms with E-state index in [0.29, 0.717) is 17.1 Å². The van der Waals surface area contributed by atoms with E-state index >= 15 is 0 Å². The van der Waals surface area contributed by atoms with Gasteiger partial charge in [-0.05, 0) is 29.8 Å². The zero-order valence-corrected chi connectivity index (χ0v) is 12.2. The van der Waals surface area contributed by atoms with Gasteiger partial charge in [-0.25, -0.2) is 0 Å². The van der Waals surface area contributed by atoms with Crippen molar-refractivity contribution in [3.63, 3.8) is 0 Å². The molecule has 21 heavy (non-hydrogen) atoms. The van der Waals surface area contributed by atoms with Gasteiger partial charge in [0.05, 0.1) is 4.92 Å². The van der Waals surface area contributed by atoms with E-state index in [1.807, 2.05) is 6.07 Å². The lowest BCUT2D eigenvalue weighted by Gasteiger charge is -2.07. The molecular formula is C14H10Cl2N2O3. The molecule has 1 amide bonds. The van der Waals surface area contributed by atoms with Gasteiger partial charge in [-0.3, -0.25) is 14.9 Å². The molecule has 0 aliphatic rings. The first-order valence-electron chi connectivity index (χ1n) is 5.91. The first kappa shape index (κ1) is 15.3. The third-order valence-corrected chi connectivity index (χ3v) is 3.36.